The molecule has 0 spiro atoms. The lowest BCUT2D eigenvalue weighted by atomic mass is 10.2. The molecule has 0 radical (unpaired) electrons. The van der Waals surface area contributed by atoms with Gasteiger partial charge in [-0.2, -0.15) is 0 Å². The highest BCUT2D eigenvalue weighted by Crippen LogP contribution is 2.26. The molecule has 12 heavy (non-hydrogen) atoms. The van der Waals surface area contributed by atoms with Crippen LogP contribution < -0.4 is 0 Å². The van der Waals surface area contributed by atoms with E-state index in [0.29, 0.717) is 0 Å². The standard InChI is InChI=1S/C10H19ClN/c1-6-8-12(5,9-7-2)10(3,4)11/h6-7H,1-2,8-9H2,3-5H3/q+1. The van der Waals surface area contributed by atoms with Gasteiger partial charge >= 0.3 is 0 Å². The fraction of sp³-hybridized carbons (Fsp3) is 0.600. The van der Waals surface area contributed by atoms with Gasteiger partial charge in [0, 0.05) is 13.8 Å². The Balaban J connectivity index is 4.59. The molecule has 2 heteroatoms. The SMILES string of the molecule is C=CC[N+](C)(CC=C)C(C)(C)Cl. The zero-order chi connectivity index (χ0) is 9.83. The van der Waals surface area contributed by atoms with Crippen molar-refractivity contribution in [2.24, 2.45) is 0 Å². The first-order valence-electron chi connectivity index (χ1n) is 4.13. The fourth-order valence-electron chi connectivity index (χ4n) is 1.08. The Bertz CT molecular complexity index is 157. The zero-order valence-electron chi connectivity index (χ0n) is 8.31. The third kappa shape index (κ3) is 2.65. The summed E-state index contributed by atoms with van der Waals surface area (Å²) in [6, 6.07) is 0. The first-order chi connectivity index (χ1) is 5.37. The van der Waals surface area contributed by atoms with Crippen LogP contribution in [-0.4, -0.2) is 29.6 Å². The average molecular weight is 189 g/mol. The molecule has 0 bridgehead atoms. The molecule has 0 aliphatic heterocycles. The molecule has 0 saturated carbocycles. The van der Waals surface area contributed by atoms with Crippen LogP contribution in [0.15, 0.2) is 25.3 Å². The van der Waals surface area contributed by atoms with E-state index in [-0.39, 0.29) is 5.00 Å². The largest absolute Gasteiger partial charge is 0.303 e. The maximum absolute atomic E-state index is 6.27. The van der Waals surface area contributed by atoms with Gasteiger partial charge in [-0.3, -0.25) is 0 Å². The normalized spacial score (nSPS) is 12.7. The number of rotatable bonds is 5. The maximum Gasteiger partial charge on any atom is 0.169 e. The van der Waals surface area contributed by atoms with Crippen LogP contribution >= 0.6 is 11.6 Å². The first-order valence-corrected chi connectivity index (χ1v) is 4.50. The van der Waals surface area contributed by atoms with Crippen LogP contribution in [0.3, 0.4) is 0 Å². The van der Waals surface area contributed by atoms with Crippen LogP contribution in [0.4, 0.5) is 0 Å². The maximum atomic E-state index is 6.27. The van der Waals surface area contributed by atoms with Crippen molar-refractivity contribution in [3.8, 4) is 0 Å². The minimum absolute atomic E-state index is 0.275. The van der Waals surface area contributed by atoms with Gasteiger partial charge in [0.25, 0.3) is 0 Å². The average Bonchev–Trinajstić information content (AvgIpc) is 1.86. The second kappa shape index (κ2) is 4.11. The van der Waals surface area contributed by atoms with Gasteiger partial charge in [-0.05, 0) is 12.2 Å². The number of halogens is 1. The Morgan fingerprint density at radius 3 is 1.75 bits per heavy atom. The summed E-state index contributed by atoms with van der Waals surface area (Å²) in [6.07, 6.45) is 3.79. The summed E-state index contributed by atoms with van der Waals surface area (Å²) < 4.78 is 0.738. The van der Waals surface area contributed by atoms with Gasteiger partial charge in [0.2, 0.25) is 0 Å². The van der Waals surface area contributed by atoms with E-state index in [4.69, 9.17) is 11.6 Å². The van der Waals surface area contributed by atoms with Crippen molar-refractivity contribution in [3.05, 3.63) is 25.3 Å². The monoisotopic (exact) mass is 188 g/mol. The van der Waals surface area contributed by atoms with Crippen LogP contribution in [0.1, 0.15) is 13.8 Å². The summed E-state index contributed by atoms with van der Waals surface area (Å²) in [7, 11) is 2.11. The highest BCUT2D eigenvalue weighted by molar-refractivity contribution is 6.22. The lowest BCUT2D eigenvalue weighted by Crippen LogP contribution is -2.55. The van der Waals surface area contributed by atoms with Gasteiger partial charge in [0.15, 0.2) is 5.00 Å². The van der Waals surface area contributed by atoms with E-state index >= 15 is 0 Å². The minimum Gasteiger partial charge on any atom is -0.303 e. The summed E-state index contributed by atoms with van der Waals surface area (Å²) >= 11 is 6.27. The molecule has 0 saturated heterocycles. The summed E-state index contributed by atoms with van der Waals surface area (Å²) in [5, 5.41) is 0. The Hall–Kier alpha value is -0.270. The van der Waals surface area contributed by atoms with E-state index in [9.17, 15) is 0 Å². The lowest BCUT2D eigenvalue weighted by molar-refractivity contribution is -0.930. The molecule has 0 rings (SSSR count). The summed E-state index contributed by atoms with van der Waals surface area (Å²) in [6.45, 7) is 13.2. The Morgan fingerprint density at radius 1 is 1.25 bits per heavy atom. The summed E-state index contributed by atoms with van der Waals surface area (Å²) in [4.78, 5) is -0.275. The molecular formula is C10H19ClN+. The Labute approximate surface area is 80.9 Å². The van der Waals surface area contributed by atoms with Gasteiger partial charge in [0.05, 0.1) is 20.1 Å². The second-order valence-electron chi connectivity index (χ2n) is 3.75. The van der Waals surface area contributed by atoms with Crippen LogP contribution in [-0.2, 0) is 0 Å². The molecule has 0 aliphatic rings. The number of likely N-dealkylation sites (N-methyl/N-ethyl adjacent to an activating group) is 1. The van der Waals surface area contributed by atoms with Crippen molar-refractivity contribution in [3.63, 3.8) is 0 Å². The minimum atomic E-state index is -0.275. The van der Waals surface area contributed by atoms with E-state index in [1.807, 2.05) is 26.0 Å². The number of quaternary nitrogens is 1. The molecule has 0 unspecified atom stereocenters. The molecule has 70 valence electrons. The van der Waals surface area contributed by atoms with Gasteiger partial charge in [-0.15, -0.1) is 0 Å². The second-order valence-corrected chi connectivity index (χ2v) is 4.67. The molecule has 0 aromatic rings. The summed E-state index contributed by atoms with van der Waals surface area (Å²) in [5.74, 6) is 0. The van der Waals surface area contributed by atoms with Crippen molar-refractivity contribution in [2.45, 2.75) is 18.8 Å². The number of nitrogens with zero attached hydrogens (tertiary/aromatic N) is 1. The molecule has 0 aromatic carbocycles. The first kappa shape index (κ1) is 11.7. The van der Waals surface area contributed by atoms with Crippen LogP contribution in [0.2, 0.25) is 0 Å². The molecule has 0 aliphatic carbocycles. The quantitative estimate of drug-likeness (QED) is 0.270. The highest BCUT2D eigenvalue weighted by Gasteiger charge is 2.35. The Morgan fingerprint density at radius 2 is 1.58 bits per heavy atom. The van der Waals surface area contributed by atoms with Crippen molar-refractivity contribution in [1.29, 1.82) is 0 Å². The van der Waals surface area contributed by atoms with Crippen LogP contribution in [0.5, 0.6) is 0 Å². The molecule has 0 heterocycles. The topological polar surface area (TPSA) is 0 Å². The van der Waals surface area contributed by atoms with E-state index in [0.717, 1.165) is 17.6 Å². The van der Waals surface area contributed by atoms with Gasteiger partial charge < -0.3 is 4.48 Å². The van der Waals surface area contributed by atoms with Crippen LogP contribution in [0.25, 0.3) is 0 Å². The number of hydrogen-bond donors (Lipinski definition) is 0. The molecule has 0 amide bonds. The van der Waals surface area contributed by atoms with Crippen LogP contribution in [0, 0.1) is 0 Å². The highest BCUT2D eigenvalue weighted by atomic mass is 35.5. The van der Waals surface area contributed by atoms with Crippen molar-refractivity contribution in [2.75, 3.05) is 20.1 Å². The third-order valence-electron chi connectivity index (χ3n) is 2.35. The third-order valence-corrected chi connectivity index (χ3v) is 2.76. The molecule has 0 aromatic heterocycles. The smallest absolute Gasteiger partial charge is 0.169 e. The molecule has 0 fully saturated rings. The lowest BCUT2D eigenvalue weighted by Gasteiger charge is -2.42. The summed E-state index contributed by atoms with van der Waals surface area (Å²) in [5.41, 5.74) is 0. The van der Waals surface area contributed by atoms with E-state index in [1.165, 1.54) is 0 Å². The van der Waals surface area contributed by atoms with Gasteiger partial charge in [0.1, 0.15) is 0 Å². The molecule has 0 N–H and O–H groups in total. The molecular weight excluding hydrogens is 170 g/mol. The van der Waals surface area contributed by atoms with Gasteiger partial charge in [-0.1, -0.05) is 24.8 Å². The van der Waals surface area contributed by atoms with Crippen molar-refractivity contribution < 1.29 is 4.48 Å². The predicted octanol–water partition coefficient (Wildman–Crippen LogP) is 2.78. The molecule has 1 nitrogen and oxygen atoms in total. The fourth-order valence-corrected chi connectivity index (χ4v) is 1.22. The Kier molecular flexibility index (Phi) is 4.01. The number of alkyl halides is 1. The zero-order valence-corrected chi connectivity index (χ0v) is 9.06. The van der Waals surface area contributed by atoms with Crippen molar-refractivity contribution >= 4 is 11.6 Å². The van der Waals surface area contributed by atoms with E-state index in [1.54, 1.807) is 0 Å². The van der Waals surface area contributed by atoms with E-state index in [2.05, 4.69) is 20.2 Å². The molecule has 0 atom stereocenters. The number of hydrogen-bond acceptors (Lipinski definition) is 0. The van der Waals surface area contributed by atoms with Gasteiger partial charge in [-0.25, -0.2) is 0 Å². The van der Waals surface area contributed by atoms with E-state index < -0.39 is 0 Å². The predicted molar refractivity (Wildman–Crippen MR) is 56.2 cm³/mol. The van der Waals surface area contributed by atoms with Crippen molar-refractivity contribution in [1.82, 2.24) is 0 Å².